The van der Waals surface area contributed by atoms with Gasteiger partial charge in [0.25, 0.3) is 0 Å². The molecule has 0 spiro atoms. The summed E-state index contributed by atoms with van der Waals surface area (Å²) in [6.45, 7) is 8.85. The molecule has 24 heavy (non-hydrogen) atoms. The standard InChI is InChI=1S/C18H24N2O4/c1-4-13-6-8-14(9-7-13)16-15(12(3)19-18(22)20-16)17(21)24-11-10-23-5-2/h6-9,15-16H,3-5,10-11H2,1-2H3,(H2,19,20,22)/t15-,16+/m1/s1. The smallest absolute Gasteiger partial charge is 0.319 e. The molecule has 1 aliphatic heterocycles. The lowest BCUT2D eigenvalue weighted by molar-refractivity contribution is -0.150. The van der Waals surface area contributed by atoms with Crippen LogP contribution in [-0.2, 0) is 20.7 Å². The predicted molar refractivity (Wildman–Crippen MR) is 90.3 cm³/mol. The van der Waals surface area contributed by atoms with Crippen molar-refractivity contribution in [2.24, 2.45) is 5.92 Å². The summed E-state index contributed by atoms with van der Waals surface area (Å²) in [5.41, 5.74) is 2.37. The average Bonchev–Trinajstić information content (AvgIpc) is 2.58. The zero-order chi connectivity index (χ0) is 17.5. The highest BCUT2D eigenvalue weighted by molar-refractivity contribution is 5.85. The summed E-state index contributed by atoms with van der Waals surface area (Å²) in [5.74, 6) is -1.12. The lowest BCUT2D eigenvalue weighted by Crippen LogP contribution is -2.51. The molecule has 1 aliphatic rings. The number of carbonyl (C=O) groups excluding carboxylic acids is 2. The number of esters is 1. The van der Waals surface area contributed by atoms with Crippen LogP contribution in [0.5, 0.6) is 0 Å². The van der Waals surface area contributed by atoms with Crippen LogP contribution in [0.25, 0.3) is 0 Å². The second-order valence-electron chi connectivity index (χ2n) is 5.54. The highest BCUT2D eigenvalue weighted by Crippen LogP contribution is 2.30. The number of benzene rings is 1. The Kier molecular flexibility index (Phi) is 6.37. The van der Waals surface area contributed by atoms with Crippen LogP contribution in [0, 0.1) is 5.92 Å². The molecule has 2 atom stereocenters. The van der Waals surface area contributed by atoms with Crippen LogP contribution in [0.15, 0.2) is 36.5 Å². The molecule has 0 radical (unpaired) electrons. The van der Waals surface area contributed by atoms with Gasteiger partial charge in [-0.1, -0.05) is 37.8 Å². The highest BCUT2D eigenvalue weighted by Gasteiger charge is 2.38. The first-order valence-electron chi connectivity index (χ1n) is 8.16. The van der Waals surface area contributed by atoms with Crippen molar-refractivity contribution in [3.8, 4) is 0 Å². The van der Waals surface area contributed by atoms with Gasteiger partial charge in [-0.05, 0) is 24.5 Å². The minimum absolute atomic E-state index is 0.173. The molecule has 1 aromatic rings. The van der Waals surface area contributed by atoms with E-state index in [-0.39, 0.29) is 12.6 Å². The van der Waals surface area contributed by atoms with Gasteiger partial charge in [-0.3, -0.25) is 4.79 Å². The van der Waals surface area contributed by atoms with Crippen molar-refractivity contribution < 1.29 is 19.1 Å². The SMILES string of the molecule is C=C1NC(=O)N[C@@H](c2ccc(CC)cc2)[C@@H]1C(=O)OCCOCC. The normalized spacial score (nSPS) is 20.2. The summed E-state index contributed by atoms with van der Waals surface area (Å²) in [6.07, 6.45) is 0.925. The van der Waals surface area contributed by atoms with Gasteiger partial charge in [0.15, 0.2) is 0 Å². The van der Waals surface area contributed by atoms with Crippen LogP contribution >= 0.6 is 0 Å². The maximum atomic E-state index is 12.5. The van der Waals surface area contributed by atoms with Gasteiger partial charge in [-0.2, -0.15) is 0 Å². The van der Waals surface area contributed by atoms with E-state index in [0.29, 0.717) is 18.9 Å². The third kappa shape index (κ3) is 4.35. The lowest BCUT2D eigenvalue weighted by Gasteiger charge is -2.33. The number of rotatable bonds is 7. The van der Waals surface area contributed by atoms with Gasteiger partial charge in [0.2, 0.25) is 0 Å². The second-order valence-corrected chi connectivity index (χ2v) is 5.54. The van der Waals surface area contributed by atoms with Gasteiger partial charge in [0.05, 0.1) is 12.6 Å². The summed E-state index contributed by atoms with van der Waals surface area (Å²) in [7, 11) is 0. The molecule has 1 heterocycles. The molecule has 0 unspecified atom stereocenters. The Labute approximate surface area is 142 Å². The number of nitrogens with one attached hydrogen (secondary N) is 2. The Bertz CT molecular complexity index is 598. The fourth-order valence-corrected chi connectivity index (χ4v) is 2.64. The van der Waals surface area contributed by atoms with Gasteiger partial charge in [0.1, 0.15) is 12.5 Å². The summed E-state index contributed by atoms with van der Waals surface area (Å²) in [5, 5.41) is 5.35. The van der Waals surface area contributed by atoms with Crippen LogP contribution in [-0.4, -0.2) is 31.8 Å². The largest absolute Gasteiger partial charge is 0.463 e. The number of ether oxygens (including phenoxy) is 2. The minimum atomic E-state index is -0.684. The zero-order valence-electron chi connectivity index (χ0n) is 14.1. The second kappa shape index (κ2) is 8.49. The van der Waals surface area contributed by atoms with Crippen molar-refractivity contribution in [3.63, 3.8) is 0 Å². The van der Waals surface area contributed by atoms with Gasteiger partial charge in [0, 0.05) is 12.3 Å². The third-order valence-corrected chi connectivity index (χ3v) is 3.95. The number of aryl methyl sites for hydroxylation is 1. The Hall–Kier alpha value is -2.34. The van der Waals surface area contributed by atoms with E-state index in [1.165, 1.54) is 5.56 Å². The Morgan fingerprint density at radius 3 is 2.54 bits per heavy atom. The Morgan fingerprint density at radius 2 is 1.92 bits per heavy atom. The molecule has 6 heteroatoms. The minimum Gasteiger partial charge on any atom is -0.463 e. The first-order valence-corrected chi connectivity index (χ1v) is 8.16. The highest BCUT2D eigenvalue weighted by atomic mass is 16.6. The van der Waals surface area contributed by atoms with Crippen molar-refractivity contribution >= 4 is 12.0 Å². The quantitative estimate of drug-likeness (QED) is 0.593. The number of hydrogen-bond donors (Lipinski definition) is 2. The fourth-order valence-electron chi connectivity index (χ4n) is 2.64. The Balaban J connectivity index is 2.15. The Morgan fingerprint density at radius 1 is 1.21 bits per heavy atom. The van der Waals surface area contributed by atoms with E-state index in [0.717, 1.165) is 12.0 Å². The summed E-state index contributed by atoms with van der Waals surface area (Å²) >= 11 is 0. The van der Waals surface area contributed by atoms with Crippen molar-refractivity contribution in [2.75, 3.05) is 19.8 Å². The molecule has 130 valence electrons. The van der Waals surface area contributed by atoms with Crippen molar-refractivity contribution in [2.45, 2.75) is 26.3 Å². The first kappa shape index (κ1) is 18.0. The molecule has 1 fully saturated rings. The van der Waals surface area contributed by atoms with Gasteiger partial charge in [-0.15, -0.1) is 0 Å². The maximum Gasteiger partial charge on any atom is 0.319 e. The molecule has 6 nitrogen and oxygen atoms in total. The molecule has 0 aliphatic carbocycles. The topological polar surface area (TPSA) is 76.7 Å². The summed E-state index contributed by atoms with van der Waals surface area (Å²) in [6, 6.07) is 6.94. The molecule has 2 rings (SSSR count). The van der Waals surface area contributed by atoms with Crippen LogP contribution in [0.1, 0.15) is 31.0 Å². The van der Waals surface area contributed by atoms with E-state index in [4.69, 9.17) is 9.47 Å². The van der Waals surface area contributed by atoms with Gasteiger partial charge < -0.3 is 20.1 Å². The van der Waals surface area contributed by atoms with Crippen molar-refractivity contribution in [1.82, 2.24) is 10.6 Å². The molecule has 0 bridgehead atoms. The molecule has 2 N–H and O–H groups in total. The van der Waals surface area contributed by atoms with Crippen LogP contribution < -0.4 is 10.6 Å². The van der Waals surface area contributed by atoms with E-state index in [2.05, 4.69) is 24.1 Å². The van der Waals surface area contributed by atoms with Crippen molar-refractivity contribution in [3.05, 3.63) is 47.7 Å². The number of hydrogen-bond acceptors (Lipinski definition) is 4. The van der Waals surface area contributed by atoms with Crippen molar-refractivity contribution in [1.29, 1.82) is 0 Å². The number of urea groups is 1. The summed E-state index contributed by atoms with van der Waals surface area (Å²) < 4.78 is 10.4. The maximum absolute atomic E-state index is 12.5. The van der Waals surface area contributed by atoms with E-state index in [1.54, 1.807) is 0 Å². The number of carbonyl (C=O) groups is 2. The van der Waals surface area contributed by atoms with E-state index in [1.807, 2.05) is 31.2 Å². The lowest BCUT2D eigenvalue weighted by atomic mass is 9.88. The third-order valence-electron chi connectivity index (χ3n) is 3.95. The first-order chi connectivity index (χ1) is 11.6. The average molecular weight is 332 g/mol. The van der Waals surface area contributed by atoms with Crippen LogP contribution in [0.2, 0.25) is 0 Å². The van der Waals surface area contributed by atoms with E-state index in [9.17, 15) is 9.59 Å². The molecule has 0 saturated carbocycles. The monoisotopic (exact) mass is 332 g/mol. The van der Waals surface area contributed by atoms with Crippen LogP contribution in [0.3, 0.4) is 0 Å². The molecule has 0 aromatic heterocycles. The molecule has 2 amide bonds. The van der Waals surface area contributed by atoms with E-state index < -0.39 is 17.9 Å². The molecular formula is C18H24N2O4. The predicted octanol–water partition coefficient (Wildman–Crippen LogP) is 2.31. The van der Waals surface area contributed by atoms with Gasteiger partial charge >= 0.3 is 12.0 Å². The van der Waals surface area contributed by atoms with Crippen LogP contribution in [0.4, 0.5) is 4.79 Å². The number of amides is 2. The molecular weight excluding hydrogens is 308 g/mol. The fraction of sp³-hybridized carbons (Fsp3) is 0.444. The molecule has 1 saturated heterocycles. The van der Waals surface area contributed by atoms with Gasteiger partial charge in [-0.25, -0.2) is 4.79 Å². The van der Waals surface area contributed by atoms with E-state index >= 15 is 0 Å². The zero-order valence-corrected chi connectivity index (χ0v) is 14.1. The summed E-state index contributed by atoms with van der Waals surface area (Å²) in [4.78, 5) is 24.2. The molecule has 1 aromatic carbocycles.